The zero-order valence-corrected chi connectivity index (χ0v) is 15.8. The van der Waals surface area contributed by atoms with Gasteiger partial charge in [0.25, 0.3) is 0 Å². The molecular weight excluding hydrogens is 413 g/mol. The van der Waals surface area contributed by atoms with E-state index in [0.29, 0.717) is 24.8 Å². The van der Waals surface area contributed by atoms with Crippen LogP contribution in [0.15, 0.2) is 29.3 Å². The number of benzene rings is 1. The molecule has 2 bridgehead atoms. The van der Waals surface area contributed by atoms with Gasteiger partial charge in [-0.1, -0.05) is 29.8 Å². The number of hydrogen-bond acceptors (Lipinski definition) is 2. The highest BCUT2D eigenvalue weighted by Gasteiger charge is 2.41. The van der Waals surface area contributed by atoms with Gasteiger partial charge in [-0.2, -0.15) is 0 Å². The van der Waals surface area contributed by atoms with Crippen molar-refractivity contribution < 1.29 is 4.74 Å². The van der Waals surface area contributed by atoms with Gasteiger partial charge in [-0.3, -0.25) is 0 Å². The summed E-state index contributed by atoms with van der Waals surface area (Å²) in [6.07, 6.45) is 4.24. The molecule has 2 fully saturated rings. The maximum Gasteiger partial charge on any atom is 0.191 e. The fraction of sp³-hybridized carbons (Fsp3) is 0.562. The van der Waals surface area contributed by atoms with Gasteiger partial charge in [0.1, 0.15) is 0 Å². The molecule has 122 valence electrons. The van der Waals surface area contributed by atoms with Crippen molar-refractivity contribution in [2.45, 2.75) is 51.0 Å². The Morgan fingerprint density at radius 3 is 2.82 bits per heavy atom. The molecule has 1 aromatic rings. The van der Waals surface area contributed by atoms with Crippen LogP contribution in [0.2, 0.25) is 5.02 Å². The highest BCUT2D eigenvalue weighted by atomic mass is 127. The van der Waals surface area contributed by atoms with E-state index in [2.05, 4.69) is 22.5 Å². The second-order valence-electron chi connectivity index (χ2n) is 5.65. The van der Waals surface area contributed by atoms with Crippen molar-refractivity contribution in [3.63, 3.8) is 0 Å². The highest BCUT2D eigenvalue weighted by Crippen LogP contribution is 2.34. The fourth-order valence-corrected chi connectivity index (χ4v) is 3.27. The van der Waals surface area contributed by atoms with Crippen LogP contribution in [-0.2, 0) is 11.3 Å². The molecule has 2 heterocycles. The van der Waals surface area contributed by atoms with Crippen LogP contribution >= 0.6 is 35.6 Å². The number of aliphatic imine (C=N–C) groups is 1. The fourth-order valence-electron chi connectivity index (χ4n) is 3.08. The summed E-state index contributed by atoms with van der Waals surface area (Å²) in [5.41, 5.74) is 1.04. The van der Waals surface area contributed by atoms with Crippen molar-refractivity contribution in [3.8, 4) is 0 Å². The summed E-state index contributed by atoms with van der Waals surface area (Å²) in [7, 11) is 0. The average molecular weight is 436 g/mol. The lowest BCUT2D eigenvalue weighted by Crippen LogP contribution is -2.47. The molecule has 3 atom stereocenters. The van der Waals surface area contributed by atoms with Gasteiger partial charge in [0, 0.05) is 11.6 Å². The predicted molar refractivity (Wildman–Crippen MR) is 101 cm³/mol. The van der Waals surface area contributed by atoms with E-state index in [-0.39, 0.29) is 24.0 Å². The molecule has 2 aliphatic rings. The average Bonchev–Trinajstić information content (AvgIpc) is 3.09. The van der Waals surface area contributed by atoms with Crippen LogP contribution in [0.1, 0.15) is 31.7 Å². The van der Waals surface area contributed by atoms with Crippen LogP contribution in [0.25, 0.3) is 0 Å². The SMILES string of the molecule is CCNC(=NCc1ccccc1Cl)NC1CC2CCC1O2.I. The van der Waals surface area contributed by atoms with Gasteiger partial charge in [-0.15, -0.1) is 24.0 Å². The number of guanidine groups is 1. The Hall–Kier alpha value is -0.530. The van der Waals surface area contributed by atoms with Crippen molar-refractivity contribution >= 4 is 41.5 Å². The Labute approximate surface area is 154 Å². The van der Waals surface area contributed by atoms with Gasteiger partial charge in [0.15, 0.2) is 5.96 Å². The summed E-state index contributed by atoms with van der Waals surface area (Å²) in [6.45, 7) is 3.50. The van der Waals surface area contributed by atoms with E-state index >= 15 is 0 Å². The topological polar surface area (TPSA) is 45.7 Å². The van der Waals surface area contributed by atoms with Gasteiger partial charge in [0.05, 0.1) is 24.8 Å². The van der Waals surface area contributed by atoms with E-state index in [1.807, 2.05) is 24.3 Å². The van der Waals surface area contributed by atoms with Crippen LogP contribution in [0, 0.1) is 0 Å². The molecule has 0 aromatic heterocycles. The van der Waals surface area contributed by atoms with E-state index in [4.69, 9.17) is 16.3 Å². The van der Waals surface area contributed by atoms with E-state index in [1.165, 1.54) is 6.42 Å². The molecule has 22 heavy (non-hydrogen) atoms. The number of halogens is 2. The van der Waals surface area contributed by atoms with E-state index < -0.39 is 0 Å². The minimum atomic E-state index is 0. The number of nitrogens with zero attached hydrogens (tertiary/aromatic N) is 1. The third-order valence-corrected chi connectivity index (χ3v) is 4.51. The smallest absolute Gasteiger partial charge is 0.191 e. The van der Waals surface area contributed by atoms with E-state index in [1.54, 1.807) is 0 Å². The lowest BCUT2D eigenvalue weighted by atomic mass is 9.96. The van der Waals surface area contributed by atoms with Crippen LogP contribution in [0.5, 0.6) is 0 Å². The number of fused-ring (bicyclic) bond motifs is 2. The van der Waals surface area contributed by atoms with Crippen molar-refractivity contribution in [2.24, 2.45) is 4.99 Å². The zero-order chi connectivity index (χ0) is 14.7. The number of hydrogen-bond donors (Lipinski definition) is 2. The molecule has 0 spiro atoms. The molecule has 3 unspecified atom stereocenters. The minimum absolute atomic E-state index is 0. The number of nitrogens with one attached hydrogen (secondary N) is 2. The van der Waals surface area contributed by atoms with Crippen molar-refractivity contribution in [3.05, 3.63) is 34.9 Å². The zero-order valence-electron chi connectivity index (χ0n) is 12.7. The summed E-state index contributed by atoms with van der Waals surface area (Å²) in [5, 5.41) is 7.57. The first-order valence-corrected chi connectivity index (χ1v) is 8.07. The van der Waals surface area contributed by atoms with Gasteiger partial charge in [0.2, 0.25) is 0 Å². The van der Waals surface area contributed by atoms with E-state index in [9.17, 15) is 0 Å². The maximum atomic E-state index is 6.18. The molecule has 0 aliphatic carbocycles. The van der Waals surface area contributed by atoms with E-state index in [0.717, 1.165) is 35.9 Å². The third kappa shape index (κ3) is 4.26. The Bertz CT molecular complexity index is 526. The Kier molecular flexibility index (Phi) is 6.77. The molecule has 2 aliphatic heterocycles. The molecule has 3 rings (SSSR count). The summed E-state index contributed by atoms with van der Waals surface area (Å²) in [5.74, 6) is 0.846. The van der Waals surface area contributed by atoms with Crippen LogP contribution in [0.4, 0.5) is 0 Å². The van der Waals surface area contributed by atoms with Gasteiger partial charge < -0.3 is 15.4 Å². The molecule has 2 saturated heterocycles. The second kappa shape index (κ2) is 8.36. The van der Waals surface area contributed by atoms with Crippen molar-refractivity contribution in [1.29, 1.82) is 0 Å². The molecule has 1 aromatic carbocycles. The summed E-state index contributed by atoms with van der Waals surface area (Å²) in [4.78, 5) is 4.65. The highest BCUT2D eigenvalue weighted by molar-refractivity contribution is 14.0. The first kappa shape index (κ1) is 17.8. The Morgan fingerprint density at radius 1 is 1.36 bits per heavy atom. The third-order valence-electron chi connectivity index (χ3n) is 4.14. The molecule has 0 amide bonds. The standard InChI is InChI=1S/C16H22ClN3O.HI/c1-2-18-16(19-10-11-5-3-4-6-13(11)17)20-14-9-12-7-8-15(14)21-12;/h3-6,12,14-15H,2,7-10H2,1H3,(H2,18,19,20);1H. The summed E-state index contributed by atoms with van der Waals surface area (Å²) >= 11 is 6.18. The van der Waals surface area contributed by atoms with Crippen LogP contribution < -0.4 is 10.6 Å². The molecular formula is C16H23ClIN3O. The first-order valence-electron chi connectivity index (χ1n) is 7.70. The Balaban J connectivity index is 0.00000176. The van der Waals surface area contributed by atoms with Crippen LogP contribution in [0.3, 0.4) is 0 Å². The van der Waals surface area contributed by atoms with Gasteiger partial charge in [-0.25, -0.2) is 4.99 Å². The second-order valence-corrected chi connectivity index (χ2v) is 6.05. The van der Waals surface area contributed by atoms with Crippen molar-refractivity contribution in [1.82, 2.24) is 10.6 Å². The van der Waals surface area contributed by atoms with Gasteiger partial charge >= 0.3 is 0 Å². The first-order chi connectivity index (χ1) is 10.3. The lowest BCUT2D eigenvalue weighted by molar-refractivity contribution is 0.0992. The predicted octanol–water partition coefficient (Wildman–Crippen LogP) is 3.33. The molecule has 6 heteroatoms. The van der Waals surface area contributed by atoms with Crippen molar-refractivity contribution in [2.75, 3.05) is 6.54 Å². The largest absolute Gasteiger partial charge is 0.373 e. The van der Waals surface area contributed by atoms with Crippen LogP contribution in [-0.4, -0.2) is 30.8 Å². The summed E-state index contributed by atoms with van der Waals surface area (Å²) in [6, 6.07) is 8.21. The Morgan fingerprint density at radius 2 is 2.18 bits per heavy atom. The maximum absolute atomic E-state index is 6.18. The molecule has 2 N–H and O–H groups in total. The molecule has 0 radical (unpaired) electrons. The normalized spacial score (nSPS) is 26.6. The quantitative estimate of drug-likeness (QED) is 0.433. The lowest BCUT2D eigenvalue weighted by Gasteiger charge is -2.22. The molecule has 0 saturated carbocycles. The van der Waals surface area contributed by atoms with Gasteiger partial charge in [-0.05, 0) is 37.8 Å². The molecule has 4 nitrogen and oxygen atoms in total. The number of rotatable bonds is 4. The monoisotopic (exact) mass is 435 g/mol. The number of ether oxygens (including phenoxy) is 1. The summed E-state index contributed by atoms with van der Waals surface area (Å²) < 4.78 is 5.88. The minimum Gasteiger partial charge on any atom is -0.373 e.